The maximum Gasteiger partial charge on any atom is 0.256 e. The van der Waals surface area contributed by atoms with Crippen molar-refractivity contribution in [3.63, 3.8) is 0 Å². The number of hydrogen-bond donors (Lipinski definition) is 1. The summed E-state index contributed by atoms with van der Waals surface area (Å²) in [7, 11) is 0. The van der Waals surface area contributed by atoms with Crippen molar-refractivity contribution >= 4 is 22.6 Å². The van der Waals surface area contributed by atoms with Gasteiger partial charge in [-0.15, -0.1) is 5.10 Å². The Kier molecular flexibility index (Phi) is 3.96. The summed E-state index contributed by atoms with van der Waals surface area (Å²) in [6.45, 7) is 2.18. The van der Waals surface area contributed by atoms with Crippen molar-refractivity contribution in [3.8, 4) is 11.3 Å². The molecule has 1 saturated carbocycles. The summed E-state index contributed by atoms with van der Waals surface area (Å²) in [5.41, 5.74) is 3.39. The van der Waals surface area contributed by atoms with Crippen LogP contribution >= 0.6 is 0 Å². The van der Waals surface area contributed by atoms with Gasteiger partial charge in [-0.3, -0.25) is 0 Å². The molecule has 9 heteroatoms. The molecule has 144 valence electrons. The van der Waals surface area contributed by atoms with Crippen molar-refractivity contribution in [3.05, 3.63) is 36.4 Å². The minimum absolute atomic E-state index is 0.422. The van der Waals surface area contributed by atoms with Gasteiger partial charge in [0.25, 0.3) is 6.43 Å². The van der Waals surface area contributed by atoms with Crippen molar-refractivity contribution in [2.24, 2.45) is 5.92 Å². The van der Waals surface area contributed by atoms with Crippen molar-refractivity contribution in [1.29, 1.82) is 0 Å². The Morgan fingerprint density at radius 3 is 2.86 bits per heavy atom. The second-order valence-electron chi connectivity index (χ2n) is 7.17. The molecule has 5 rings (SSSR count). The zero-order valence-corrected chi connectivity index (χ0v) is 15.3. The Bertz CT molecular complexity index is 1160. The fourth-order valence-electron chi connectivity index (χ4n) is 3.38. The number of hydrogen-bond acceptors (Lipinski definition) is 5. The number of rotatable bonds is 6. The lowest BCUT2D eigenvalue weighted by atomic mass is 10.2. The van der Waals surface area contributed by atoms with Crippen molar-refractivity contribution in [1.82, 2.24) is 29.1 Å². The van der Waals surface area contributed by atoms with Crippen LogP contribution in [0.2, 0.25) is 0 Å². The molecule has 0 amide bonds. The molecule has 0 atom stereocenters. The molecule has 7 nitrogen and oxygen atoms in total. The van der Waals surface area contributed by atoms with E-state index in [1.54, 1.807) is 17.6 Å². The van der Waals surface area contributed by atoms with E-state index in [1.165, 1.54) is 17.4 Å². The topological polar surface area (TPSA) is 72.9 Å². The van der Waals surface area contributed by atoms with Crippen LogP contribution in [0.3, 0.4) is 0 Å². The lowest BCUT2D eigenvalue weighted by Gasteiger charge is -2.06. The number of halogens is 2. The SMILES string of the molecule is Cc1nc2ccc(-c3ccn4nc(NCC5CC5)ncc34)nc2n1CC(F)F. The minimum Gasteiger partial charge on any atom is -0.353 e. The first kappa shape index (κ1) is 17.0. The van der Waals surface area contributed by atoms with Crippen LogP contribution in [0.25, 0.3) is 27.9 Å². The summed E-state index contributed by atoms with van der Waals surface area (Å²) in [6, 6.07) is 5.56. The van der Waals surface area contributed by atoms with Gasteiger partial charge in [-0.05, 0) is 43.9 Å². The standard InChI is InChI=1S/C19H19F2N7/c1-11-24-15-5-4-14(25-18(15)27(11)10-17(20)21)13-6-7-28-16(13)9-23-19(26-28)22-8-12-2-3-12/h4-7,9,12,17H,2-3,8,10H2,1H3,(H,22,26). The maximum absolute atomic E-state index is 12.9. The molecule has 1 aliphatic rings. The summed E-state index contributed by atoms with van der Waals surface area (Å²) < 4.78 is 29.1. The number of nitrogens with one attached hydrogen (secondary N) is 1. The average molecular weight is 383 g/mol. The van der Waals surface area contributed by atoms with Gasteiger partial charge in [-0.1, -0.05) is 0 Å². The third-order valence-corrected chi connectivity index (χ3v) is 5.04. The Morgan fingerprint density at radius 1 is 1.21 bits per heavy atom. The number of anilines is 1. The molecule has 1 aliphatic carbocycles. The van der Waals surface area contributed by atoms with Gasteiger partial charge in [0.1, 0.15) is 11.3 Å². The van der Waals surface area contributed by atoms with Gasteiger partial charge in [-0.2, -0.15) is 0 Å². The second kappa shape index (κ2) is 6.50. The quantitative estimate of drug-likeness (QED) is 0.551. The van der Waals surface area contributed by atoms with Crippen LogP contribution < -0.4 is 5.32 Å². The highest BCUT2D eigenvalue weighted by Crippen LogP contribution is 2.29. The molecule has 0 radical (unpaired) electrons. The molecule has 4 heterocycles. The van der Waals surface area contributed by atoms with Crippen molar-refractivity contribution < 1.29 is 8.78 Å². The molecule has 0 unspecified atom stereocenters. The molecule has 1 N–H and O–H groups in total. The van der Waals surface area contributed by atoms with Crippen LogP contribution in [0.1, 0.15) is 18.7 Å². The van der Waals surface area contributed by atoms with Gasteiger partial charge in [0.2, 0.25) is 5.95 Å². The molecule has 0 aliphatic heterocycles. The lowest BCUT2D eigenvalue weighted by molar-refractivity contribution is 0.127. The largest absolute Gasteiger partial charge is 0.353 e. The normalized spacial score (nSPS) is 14.4. The first-order valence-electron chi connectivity index (χ1n) is 9.29. The fraction of sp³-hybridized carbons (Fsp3) is 0.368. The van der Waals surface area contributed by atoms with Crippen LogP contribution in [0, 0.1) is 12.8 Å². The molecule has 0 spiro atoms. The Balaban J connectivity index is 1.52. The zero-order valence-electron chi connectivity index (χ0n) is 15.3. The average Bonchev–Trinajstić information content (AvgIpc) is 3.34. The summed E-state index contributed by atoms with van der Waals surface area (Å²) >= 11 is 0. The molecular weight excluding hydrogens is 364 g/mol. The summed E-state index contributed by atoms with van der Waals surface area (Å²) in [5, 5.41) is 7.75. The number of imidazole rings is 1. The highest BCUT2D eigenvalue weighted by atomic mass is 19.3. The predicted molar refractivity (Wildman–Crippen MR) is 101 cm³/mol. The van der Waals surface area contributed by atoms with Crippen molar-refractivity contribution in [2.45, 2.75) is 32.7 Å². The molecule has 4 aromatic rings. The van der Waals surface area contributed by atoms with E-state index in [0.717, 1.165) is 23.5 Å². The Hall–Kier alpha value is -3.10. The third-order valence-electron chi connectivity index (χ3n) is 5.04. The fourth-order valence-corrected chi connectivity index (χ4v) is 3.38. The number of pyridine rings is 1. The van der Waals surface area contributed by atoms with Crippen LogP contribution in [0.5, 0.6) is 0 Å². The van der Waals surface area contributed by atoms with E-state index in [9.17, 15) is 8.78 Å². The Morgan fingerprint density at radius 2 is 2.07 bits per heavy atom. The van der Waals surface area contributed by atoms with Crippen LogP contribution in [0.4, 0.5) is 14.7 Å². The molecule has 4 aromatic heterocycles. The highest BCUT2D eigenvalue weighted by Gasteiger charge is 2.21. The van der Waals surface area contributed by atoms with E-state index in [2.05, 4.69) is 25.4 Å². The smallest absolute Gasteiger partial charge is 0.256 e. The van der Waals surface area contributed by atoms with Gasteiger partial charge >= 0.3 is 0 Å². The second-order valence-corrected chi connectivity index (χ2v) is 7.17. The van der Waals surface area contributed by atoms with Crippen LogP contribution in [-0.4, -0.2) is 42.1 Å². The molecule has 0 aromatic carbocycles. The molecule has 0 saturated heterocycles. The molecule has 1 fully saturated rings. The first-order chi connectivity index (χ1) is 13.6. The maximum atomic E-state index is 12.9. The Labute approximate surface area is 159 Å². The van der Waals surface area contributed by atoms with Gasteiger partial charge in [0.15, 0.2) is 5.65 Å². The summed E-state index contributed by atoms with van der Waals surface area (Å²) in [5.74, 6) is 1.85. The van der Waals surface area contributed by atoms with E-state index in [4.69, 9.17) is 0 Å². The van der Waals surface area contributed by atoms with Gasteiger partial charge in [0, 0.05) is 18.3 Å². The number of fused-ring (bicyclic) bond motifs is 2. The molecule has 28 heavy (non-hydrogen) atoms. The third kappa shape index (κ3) is 3.06. The number of aromatic nitrogens is 6. The van der Waals surface area contributed by atoms with Crippen LogP contribution in [0.15, 0.2) is 30.6 Å². The number of aryl methyl sites for hydroxylation is 1. The predicted octanol–water partition coefficient (Wildman–Crippen LogP) is 3.54. The summed E-state index contributed by atoms with van der Waals surface area (Å²) in [6.07, 6.45) is 3.66. The van der Waals surface area contributed by atoms with Gasteiger partial charge < -0.3 is 9.88 Å². The van der Waals surface area contributed by atoms with Crippen molar-refractivity contribution in [2.75, 3.05) is 11.9 Å². The van der Waals surface area contributed by atoms with E-state index in [1.807, 2.05) is 24.4 Å². The zero-order chi connectivity index (χ0) is 19.3. The van der Waals surface area contributed by atoms with E-state index >= 15 is 0 Å². The molecular formula is C19H19F2N7. The monoisotopic (exact) mass is 383 g/mol. The van der Waals surface area contributed by atoms with E-state index < -0.39 is 13.0 Å². The highest BCUT2D eigenvalue weighted by molar-refractivity contribution is 5.82. The summed E-state index contributed by atoms with van der Waals surface area (Å²) in [4.78, 5) is 13.3. The van der Waals surface area contributed by atoms with E-state index in [0.29, 0.717) is 28.6 Å². The first-order valence-corrected chi connectivity index (χ1v) is 9.29. The minimum atomic E-state index is -2.47. The number of nitrogens with zero attached hydrogens (tertiary/aromatic N) is 6. The van der Waals surface area contributed by atoms with E-state index in [-0.39, 0.29) is 0 Å². The van der Waals surface area contributed by atoms with Crippen LogP contribution in [-0.2, 0) is 6.54 Å². The van der Waals surface area contributed by atoms with Gasteiger partial charge in [0.05, 0.1) is 24.0 Å². The number of alkyl halides is 2. The molecule has 0 bridgehead atoms. The van der Waals surface area contributed by atoms with Gasteiger partial charge in [-0.25, -0.2) is 28.2 Å². The lowest BCUT2D eigenvalue weighted by Crippen LogP contribution is -2.09.